The molecule has 0 amide bonds. The zero-order valence-corrected chi connectivity index (χ0v) is 12.8. The van der Waals surface area contributed by atoms with Gasteiger partial charge in [-0.3, -0.25) is 0 Å². The average molecular weight is 366 g/mol. The first kappa shape index (κ1) is 14.9. The van der Waals surface area contributed by atoms with Crippen LogP contribution in [0.1, 0.15) is 5.56 Å². The van der Waals surface area contributed by atoms with E-state index >= 15 is 0 Å². The topological polar surface area (TPSA) is 46.3 Å². The van der Waals surface area contributed by atoms with Crippen molar-refractivity contribution in [1.29, 1.82) is 0 Å². The van der Waals surface area contributed by atoms with Crippen molar-refractivity contribution < 1.29 is 18.4 Å². The monoisotopic (exact) mass is 365 g/mol. The summed E-state index contributed by atoms with van der Waals surface area (Å²) in [6, 6.07) is 10.3. The summed E-state index contributed by atoms with van der Waals surface area (Å²) in [7, 11) is 0. The molecule has 0 saturated heterocycles. The van der Waals surface area contributed by atoms with Crippen molar-refractivity contribution in [2.75, 3.05) is 0 Å². The van der Waals surface area contributed by atoms with Crippen molar-refractivity contribution in [3.8, 4) is 22.6 Å². The van der Waals surface area contributed by atoms with Crippen molar-refractivity contribution in [1.82, 2.24) is 5.16 Å². The van der Waals surface area contributed by atoms with E-state index in [1.165, 1.54) is 0 Å². The number of aliphatic hydroxyl groups is 1. The summed E-state index contributed by atoms with van der Waals surface area (Å²) in [5.41, 5.74) is 1.51. The van der Waals surface area contributed by atoms with E-state index in [4.69, 9.17) is 4.52 Å². The fraction of sp³-hybridized carbons (Fsp3) is 0.0625. The maximum Gasteiger partial charge on any atom is 0.173 e. The van der Waals surface area contributed by atoms with Gasteiger partial charge in [-0.1, -0.05) is 33.2 Å². The number of nitrogens with zero attached hydrogens (tertiary/aromatic N) is 1. The van der Waals surface area contributed by atoms with Crippen LogP contribution in [0.2, 0.25) is 0 Å². The number of hydrogen-bond donors (Lipinski definition) is 1. The van der Waals surface area contributed by atoms with Gasteiger partial charge in [-0.05, 0) is 24.3 Å². The highest BCUT2D eigenvalue weighted by Crippen LogP contribution is 2.33. The number of rotatable bonds is 3. The zero-order chi connectivity index (χ0) is 15.7. The molecule has 3 aromatic rings. The van der Waals surface area contributed by atoms with Gasteiger partial charge in [-0.25, -0.2) is 8.78 Å². The van der Waals surface area contributed by atoms with E-state index in [1.807, 2.05) is 12.1 Å². The summed E-state index contributed by atoms with van der Waals surface area (Å²) in [6.07, 6.45) is 0. The van der Waals surface area contributed by atoms with Crippen LogP contribution >= 0.6 is 15.9 Å². The number of aliphatic hydroxyl groups excluding tert-OH is 1. The average Bonchev–Trinajstić information content (AvgIpc) is 2.90. The highest BCUT2D eigenvalue weighted by Gasteiger charge is 2.19. The van der Waals surface area contributed by atoms with Gasteiger partial charge >= 0.3 is 0 Å². The lowest BCUT2D eigenvalue weighted by Gasteiger charge is -2.02. The van der Waals surface area contributed by atoms with Gasteiger partial charge in [0, 0.05) is 21.7 Å². The van der Waals surface area contributed by atoms with Gasteiger partial charge in [-0.15, -0.1) is 0 Å². The van der Waals surface area contributed by atoms with Gasteiger partial charge in [0.2, 0.25) is 0 Å². The minimum Gasteiger partial charge on any atom is -0.391 e. The maximum atomic E-state index is 13.4. The third kappa shape index (κ3) is 2.80. The minimum atomic E-state index is -0.717. The predicted octanol–water partition coefficient (Wildman–Crippen LogP) is 4.54. The Hall–Kier alpha value is -2.05. The number of halogens is 3. The van der Waals surface area contributed by atoms with E-state index in [9.17, 15) is 13.9 Å². The second-order valence-electron chi connectivity index (χ2n) is 4.67. The molecule has 0 aliphatic heterocycles. The highest BCUT2D eigenvalue weighted by molar-refractivity contribution is 9.10. The molecular weight excluding hydrogens is 356 g/mol. The summed E-state index contributed by atoms with van der Waals surface area (Å²) in [6.45, 7) is -0.362. The quantitative estimate of drug-likeness (QED) is 0.740. The van der Waals surface area contributed by atoms with Crippen LogP contribution in [0, 0.1) is 11.6 Å². The number of benzene rings is 2. The summed E-state index contributed by atoms with van der Waals surface area (Å²) in [5.74, 6) is -1.07. The molecule has 0 atom stereocenters. The SMILES string of the molecule is OCc1c(-c2cc(F)cc(F)c2)noc1-c1cccc(Br)c1. The molecule has 0 aliphatic carbocycles. The molecule has 1 N–H and O–H groups in total. The van der Waals surface area contributed by atoms with Gasteiger partial charge in [0.15, 0.2) is 5.76 Å². The molecule has 0 bridgehead atoms. The van der Waals surface area contributed by atoms with Crippen molar-refractivity contribution in [3.05, 3.63) is 64.1 Å². The summed E-state index contributed by atoms with van der Waals surface area (Å²) in [4.78, 5) is 0. The molecule has 0 radical (unpaired) electrons. The lowest BCUT2D eigenvalue weighted by molar-refractivity contribution is 0.281. The Morgan fingerprint density at radius 3 is 2.41 bits per heavy atom. The molecule has 6 heteroatoms. The Morgan fingerprint density at radius 2 is 1.77 bits per heavy atom. The molecule has 3 nitrogen and oxygen atoms in total. The van der Waals surface area contributed by atoms with E-state index in [1.54, 1.807) is 12.1 Å². The van der Waals surface area contributed by atoms with Gasteiger partial charge in [0.05, 0.1) is 12.2 Å². The first-order valence-electron chi connectivity index (χ1n) is 6.40. The lowest BCUT2D eigenvalue weighted by Crippen LogP contribution is -1.91. The van der Waals surface area contributed by atoms with Crippen LogP contribution in [0.4, 0.5) is 8.78 Å². The largest absolute Gasteiger partial charge is 0.391 e. The molecule has 1 heterocycles. The first-order valence-corrected chi connectivity index (χ1v) is 7.19. The summed E-state index contributed by atoms with van der Waals surface area (Å²) < 4.78 is 32.9. The second kappa shape index (κ2) is 5.98. The standard InChI is InChI=1S/C16H10BrF2NO2/c17-11-3-1-2-9(4-11)16-14(8-21)15(20-22-16)10-5-12(18)7-13(19)6-10/h1-7,21H,8H2. The van der Waals surface area contributed by atoms with E-state index in [0.29, 0.717) is 16.9 Å². The van der Waals surface area contributed by atoms with Crippen LogP contribution in [-0.4, -0.2) is 10.3 Å². The Balaban J connectivity index is 2.15. The van der Waals surface area contributed by atoms with Crippen molar-refractivity contribution in [2.24, 2.45) is 0 Å². The van der Waals surface area contributed by atoms with Crippen LogP contribution in [-0.2, 0) is 6.61 Å². The third-order valence-corrected chi connectivity index (χ3v) is 3.66. The van der Waals surface area contributed by atoms with Crippen molar-refractivity contribution in [3.63, 3.8) is 0 Å². The maximum absolute atomic E-state index is 13.4. The predicted molar refractivity (Wildman–Crippen MR) is 80.9 cm³/mol. The van der Waals surface area contributed by atoms with E-state index in [2.05, 4.69) is 21.1 Å². The van der Waals surface area contributed by atoms with E-state index < -0.39 is 11.6 Å². The number of aromatic nitrogens is 1. The lowest BCUT2D eigenvalue weighted by atomic mass is 10.0. The molecule has 0 saturated carbocycles. The Morgan fingerprint density at radius 1 is 1.05 bits per heavy atom. The molecule has 22 heavy (non-hydrogen) atoms. The third-order valence-electron chi connectivity index (χ3n) is 3.17. The van der Waals surface area contributed by atoms with Gasteiger partial charge < -0.3 is 9.63 Å². The molecule has 0 aliphatic rings. The van der Waals surface area contributed by atoms with E-state index in [0.717, 1.165) is 22.7 Å². The fourth-order valence-corrected chi connectivity index (χ4v) is 2.63. The number of hydrogen-bond acceptors (Lipinski definition) is 3. The van der Waals surface area contributed by atoms with Gasteiger partial charge in [0.1, 0.15) is 17.3 Å². The van der Waals surface area contributed by atoms with E-state index in [-0.39, 0.29) is 17.9 Å². The normalized spacial score (nSPS) is 10.9. The molecule has 0 spiro atoms. The highest BCUT2D eigenvalue weighted by atomic mass is 79.9. The smallest absolute Gasteiger partial charge is 0.173 e. The fourth-order valence-electron chi connectivity index (χ4n) is 2.23. The van der Waals surface area contributed by atoms with Crippen LogP contribution in [0.3, 0.4) is 0 Å². The van der Waals surface area contributed by atoms with Crippen molar-refractivity contribution >= 4 is 15.9 Å². The van der Waals surface area contributed by atoms with Gasteiger partial charge in [-0.2, -0.15) is 0 Å². The zero-order valence-electron chi connectivity index (χ0n) is 11.2. The Labute approximate surface area is 133 Å². The molecule has 1 aromatic heterocycles. The molecule has 112 valence electrons. The van der Waals surface area contributed by atoms with Crippen molar-refractivity contribution in [2.45, 2.75) is 6.61 Å². The van der Waals surface area contributed by atoms with Crippen LogP contribution in [0.25, 0.3) is 22.6 Å². The molecule has 3 rings (SSSR count). The summed E-state index contributed by atoms with van der Waals surface area (Å²) in [5, 5.41) is 13.5. The molecule has 0 unspecified atom stereocenters. The Bertz CT molecular complexity index is 813. The van der Waals surface area contributed by atoms with Gasteiger partial charge in [0.25, 0.3) is 0 Å². The summed E-state index contributed by atoms with van der Waals surface area (Å²) >= 11 is 3.35. The molecule has 0 fully saturated rings. The van der Waals surface area contributed by atoms with Crippen LogP contribution < -0.4 is 0 Å². The minimum absolute atomic E-state index is 0.214. The van der Waals surface area contributed by atoms with Crippen LogP contribution in [0.5, 0.6) is 0 Å². The first-order chi connectivity index (χ1) is 10.6. The second-order valence-corrected chi connectivity index (χ2v) is 5.58. The molecule has 2 aromatic carbocycles. The Kier molecular flexibility index (Phi) is 4.04. The van der Waals surface area contributed by atoms with Crippen LogP contribution in [0.15, 0.2) is 51.5 Å². The molecular formula is C16H10BrF2NO2.